The van der Waals surface area contributed by atoms with Crippen molar-refractivity contribution in [2.24, 2.45) is 0 Å². The number of carbonyl (C=O) groups excluding carboxylic acids is 1. The predicted molar refractivity (Wildman–Crippen MR) is 88.6 cm³/mol. The third-order valence-electron chi connectivity index (χ3n) is 3.82. The highest BCUT2D eigenvalue weighted by Gasteiger charge is 2.36. The van der Waals surface area contributed by atoms with Gasteiger partial charge < -0.3 is 14.5 Å². The maximum Gasteiger partial charge on any atom is 0.325 e. The van der Waals surface area contributed by atoms with E-state index in [1.807, 2.05) is 20.8 Å². The molecule has 0 saturated carbocycles. The molecule has 0 aromatic carbocycles. The van der Waals surface area contributed by atoms with Crippen LogP contribution in [0.2, 0.25) is 0 Å². The Morgan fingerprint density at radius 2 is 1.76 bits per heavy atom. The Kier molecular flexibility index (Phi) is 9.09. The maximum absolute atomic E-state index is 12.1. The summed E-state index contributed by atoms with van der Waals surface area (Å²) in [6.07, 6.45) is 1.86. The summed E-state index contributed by atoms with van der Waals surface area (Å²) in [4.78, 5) is 16.6. The van der Waals surface area contributed by atoms with Gasteiger partial charge in [-0.05, 0) is 74.8 Å². The van der Waals surface area contributed by atoms with E-state index in [1.165, 1.54) is 7.11 Å². The van der Waals surface area contributed by atoms with Gasteiger partial charge in [0.1, 0.15) is 5.54 Å². The number of carbonyl (C=O) groups is 1. The second kappa shape index (κ2) is 9.38. The molecule has 0 aliphatic rings. The van der Waals surface area contributed by atoms with E-state index in [0.29, 0.717) is 6.04 Å². The number of rotatable bonds is 10. The van der Waals surface area contributed by atoms with Gasteiger partial charge >= 0.3 is 5.97 Å². The van der Waals surface area contributed by atoms with Gasteiger partial charge in [0.2, 0.25) is 0 Å². The molecule has 0 aliphatic heterocycles. The number of esters is 1. The molecule has 2 atom stereocenters. The van der Waals surface area contributed by atoms with Crippen LogP contribution in [0.5, 0.6) is 0 Å². The van der Waals surface area contributed by atoms with E-state index in [-0.39, 0.29) is 12.0 Å². The first-order valence-electron chi connectivity index (χ1n) is 7.83. The highest BCUT2D eigenvalue weighted by molar-refractivity contribution is 5.80. The Labute approximate surface area is 131 Å². The highest BCUT2D eigenvalue weighted by Crippen LogP contribution is 2.18. The van der Waals surface area contributed by atoms with E-state index in [1.54, 1.807) is 0 Å². The number of hydrogen-bond acceptors (Lipinski definition) is 5. The van der Waals surface area contributed by atoms with Crippen molar-refractivity contribution in [3.8, 4) is 0 Å². The Morgan fingerprint density at radius 1 is 1.19 bits per heavy atom. The van der Waals surface area contributed by atoms with Gasteiger partial charge in [0.05, 0.1) is 7.11 Å². The molecule has 0 heterocycles. The summed E-state index contributed by atoms with van der Waals surface area (Å²) in [5.41, 5.74) is -0.641. The second-order valence-electron chi connectivity index (χ2n) is 6.81. The van der Waals surface area contributed by atoms with Crippen molar-refractivity contribution in [3.05, 3.63) is 0 Å². The van der Waals surface area contributed by atoms with Crippen LogP contribution in [-0.2, 0) is 9.53 Å². The summed E-state index contributed by atoms with van der Waals surface area (Å²) in [6.45, 7) is 10.3. The zero-order valence-corrected chi connectivity index (χ0v) is 15.2. The van der Waals surface area contributed by atoms with Crippen LogP contribution in [-0.4, -0.2) is 74.7 Å². The number of methoxy groups -OCH3 is 1. The van der Waals surface area contributed by atoms with Crippen molar-refractivity contribution in [3.63, 3.8) is 0 Å². The van der Waals surface area contributed by atoms with Crippen LogP contribution in [0.15, 0.2) is 0 Å². The van der Waals surface area contributed by atoms with Gasteiger partial charge in [0.25, 0.3) is 0 Å². The lowest BCUT2D eigenvalue weighted by atomic mass is 9.92. The monoisotopic (exact) mass is 301 g/mol. The van der Waals surface area contributed by atoms with Gasteiger partial charge in [-0.25, -0.2) is 0 Å². The summed E-state index contributed by atoms with van der Waals surface area (Å²) in [5, 5.41) is 3.36. The average molecular weight is 301 g/mol. The van der Waals surface area contributed by atoms with Crippen LogP contribution >= 0.6 is 0 Å². The summed E-state index contributed by atoms with van der Waals surface area (Å²) in [5.74, 6) is -0.190. The van der Waals surface area contributed by atoms with Crippen molar-refractivity contribution >= 4 is 5.97 Å². The number of nitrogens with one attached hydrogen (secondary N) is 1. The van der Waals surface area contributed by atoms with Crippen molar-refractivity contribution < 1.29 is 9.53 Å². The third-order valence-corrected chi connectivity index (χ3v) is 3.82. The van der Waals surface area contributed by atoms with Crippen LogP contribution in [0.25, 0.3) is 0 Å². The quantitative estimate of drug-likeness (QED) is 0.621. The van der Waals surface area contributed by atoms with Crippen LogP contribution in [0, 0.1) is 0 Å². The molecule has 0 amide bonds. The molecule has 126 valence electrons. The minimum absolute atomic E-state index is 0.190. The molecule has 0 aromatic heterocycles. The van der Waals surface area contributed by atoms with Crippen molar-refractivity contribution in [2.75, 3.05) is 41.3 Å². The van der Waals surface area contributed by atoms with Crippen LogP contribution in [0.4, 0.5) is 0 Å². The molecule has 0 spiro atoms. The van der Waals surface area contributed by atoms with Crippen molar-refractivity contribution in [2.45, 2.75) is 58.2 Å². The lowest BCUT2D eigenvalue weighted by Crippen LogP contribution is -2.56. The fourth-order valence-electron chi connectivity index (χ4n) is 2.67. The molecule has 5 heteroatoms. The largest absolute Gasteiger partial charge is 0.468 e. The molecule has 0 rings (SSSR count). The van der Waals surface area contributed by atoms with E-state index < -0.39 is 5.54 Å². The molecule has 0 saturated heterocycles. The molecule has 0 aliphatic carbocycles. The molecule has 0 aromatic rings. The lowest BCUT2D eigenvalue weighted by Gasteiger charge is -2.35. The lowest BCUT2D eigenvalue weighted by molar-refractivity contribution is -0.149. The van der Waals surface area contributed by atoms with Gasteiger partial charge in [-0.2, -0.15) is 0 Å². The van der Waals surface area contributed by atoms with Crippen LogP contribution in [0.3, 0.4) is 0 Å². The van der Waals surface area contributed by atoms with Crippen molar-refractivity contribution in [1.29, 1.82) is 0 Å². The minimum Gasteiger partial charge on any atom is -0.468 e. The molecular formula is C16H35N3O2. The van der Waals surface area contributed by atoms with E-state index >= 15 is 0 Å². The van der Waals surface area contributed by atoms with E-state index in [0.717, 1.165) is 25.9 Å². The Hall–Kier alpha value is -0.650. The minimum atomic E-state index is -0.641. The number of ether oxygens (including phenoxy) is 1. The normalized spacial score (nSPS) is 16.3. The fraction of sp³-hybridized carbons (Fsp3) is 0.938. The maximum atomic E-state index is 12.1. The molecule has 0 bridgehead atoms. The first-order valence-corrected chi connectivity index (χ1v) is 7.83. The molecule has 1 N–H and O–H groups in total. The first-order chi connectivity index (χ1) is 9.62. The average Bonchev–Trinajstić information content (AvgIpc) is 2.35. The van der Waals surface area contributed by atoms with Gasteiger partial charge in [-0.3, -0.25) is 10.1 Å². The highest BCUT2D eigenvalue weighted by atomic mass is 16.5. The van der Waals surface area contributed by atoms with E-state index in [4.69, 9.17) is 4.74 Å². The topological polar surface area (TPSA) is 44.8 Å². The number of nitrogens with zero attached hydrogens (tertiary/aromatic N) is 2. The van der Waals surface area contributed by atoms with Gasteiger partial charge in [0.15, 0.2) is 0 Å². The van der Waals surface area contributed by atoms with E-state index in [9.17, 15) is 4.79 Å². The summed E-state index contributed by atoms with van der Waals surface area (Å²) < 4.78 is 4.98. The Morgan fingerprint density at radius 3 is 2.19 bits per heavy atom. The van der Waals surface area contributed by atoms with Crippen LogP contribution in [0.1, 0.15) is 40.5 Å². The van der Waals surface area contributed by atoms with E-state index in [2.05, 4.69) is 43.2 Å². The number of hydrogen-bond donors (Lipinski definition) is 1. The summed E-state index contributed by atoms with van der Waals surface area (Å²) in [7, 11) is 7.75. The summed E-state index contributed by atoms with van der Waals surface area (Å²) in [6, 6.07) is 0.544. The summed E-state index contributed by atoms with van der Waals surface area (Å²) >= 11 is 0. The SMILES string of the molecule is COC(=O)C(C)(CC(C)N(C)CCCN(C)C)NC(C)C. The standard InChI is InChI=1S/C16H35N3O2/c1-13(2)17-16(4,15(20)21-8)12-14(3)19(7)11-9-10-18(5)6/h13-14,17H,9-12H2,1-8H3. The second-order valence-corrected chi connectivity index (χ2v) is 6.81. The molecular weight excluding hydrogens is 266 g/mol. The fourth-order valence-corrected chi connectivity index (χ4v) is 2.67. The Balaban J connectivity index is 4.58. The molecule has 0 radical (unpaired) electrons. The zero-order chi connectivity index (χ0) is 16.6. The molecule has 21 heavy (non-hydrogen) atoms. The third kappa shape index (κ3) is 7.79. The Bertz CT molecular complexity index is 308. The molecule has 5 nitrogen and oxygen atoms in total. The molecule has 0 fully saturated rings. The van der Waals surface area contributed by atoms with Crippen molar-refractivity contribution in [1.82, 2.24) is 15.1 Å². The van der Waals surface area contributed by atoms with Gasteiger partial charge in [-0.1, -0.05) is 0 Å². The smallest absolute Gasteiger partial charge is 0.325 e. The first kappa shape index (κ1) is 20.3. The predicted octanol–water partition coefficient (Wildman–Crippen LogP) is 1.58. The van der Waals surface area contributed by atoms with Crippen LogP contribution < -0.4 is 5.32 Å². The zero-order valence-electron chi connectivity index (χ0n) is 15.2. The van der Waals surface area contributed by atoms with Gasteiger partial charge in [0, 0.05) is 12.1 Å². The molecule has 2 unspecified atom stereocenters. The van der Waals surface area contributed by atoms with Gasteiger partial charge in [-0.15, -0.1) is 0 Å².